The summed E-state index contributed by atoms with van der Waals surface area (Å²) >= 11 is 12.0. The molecule has 2 aromatic rings. The van der Waals surface area contributed by atoms with E-state index >= 15 is 0 Å². The molecule has 1 N–H and O–H groups in total. The van der Waals surface area contributed by atoms with Gasteiger partial charge in [0.15, 0.2) is 0 Å². The van der Waals surface area contributed by atoms with Crippen LogP contribution in [-0.2, 0) is 22.7 Å². The second-order valence-electron chi connectivity index (χ2n) is 6.01. The number of carbonyl (C=O) groups excluding carboxylic acids is 2. The number of rotatable bonds is 5. The Morgan fingerprint density at radius 3 is 2.56 bits per heavy atom. The summed E-state index contributed by atoms with van der Waals surface area (Å²) in [5.74, 6) is -0.160. The average molecular weight is 377 g/mol. The third kappa shape index (κ3) is 4.33. The number of nitrogens with one attached hydrogen (secondary N) is 1. The van der Waals surface area contributed by atoms with Crippen molar-refractivity contribution in [1.29, 1.82) is 0 Å². The Morgan fingerprint density at radius 1 is 1.12 bits per heavy atom. The standard InChI is InChI=1S/C19H18Cl2N2O2/c20-15-7-5-13(6-8-15)12-23-17(9-10-18(23)24)19(25)22-11-14-3-1-2-4-16(14)21/h1-8,17H,9-12H2,(H,22,25)/t17-/m0/s1. The van der Waals surface area contributed by atoms with E-state index in [1.807, 2.05) is 30.3 Å². The maximum atomic E-state index is 12.6. The fourth-order valence-corrected chi connectivity index (χ4v) is 3.26. The number of hydrogen-bond donors (Lipinski definition) is 1. The molecule has 0 aliphatic carbocycles. The molecule has 25 heavy (non-hydrogen) atoms. The van der Waals surface area contributed by atoms with Crippen molar-refractivity contribution in [1.82, 2.24) is 10.2 Å². The summed E-state index contributed by atoms with van der Waals surface area (Å²) in [6.45, 7) is 0.748. The van der Waals surface area contributed by atoms with Crippen molar-refractivity contribution < 1.29 is 9.59 Å². The SMILES string of the molecule is O=C(NCc1ccccc1Cl)[C@@H]1CCC(=O)N1Cc1ccc(Cl)cc1. The highest BCUT2D eigenvalue weighted by atomic mass is 35.5. The van der Waals surface area contributed by atoms with Gasteiger partial charge in [-0.2, -0.15) is 0 Å². The molecular formula is C19H18Cl2N2O2. The van der Waals surface area contributed by atoms with E-state index in [2.05, 4.69) is 5.32 Å². The summed E-state index contributed by atoms with van der Waals surface area (Å²) in [7, 11) is 0. The molecule has 0 saturated carbocycles. The number of amides is 2. The first kappa shape index (κ1) is 17.8. The van der Waals surface area contributed by atoms with Gasteiger partial charge in [0.2, 0.25) is 11.8 Å². The van der Waals surface area contributed by atoms with Crippen LogP contribution >= 0.6 is 23.2 Å². The number of halogens is 2. The lowest BCUT2D eigenvalue weighted by atomic mass is 10.1. The van der Waals surface area contributed by atoms with Gasteiger partial charge in [0, 0.05) is 29.6 Å². The van der Waals surface area contributed by atoms with E-state index in [4.69, 9.17) is 23.2 Å². The molecule has 2 amide bonds. The van der Waals surface area contributed by atoms with E-state index in [0.717, 1.165) is 11.1 Å². The summed E-state index contributed by atoms with van der Waals surface area (Å²) in [5.41, 5.74) is 1.80. The molecule has 0 unspecified atom stereocenters. The summed E-state index contributed by atoms with van der Waals surface area (Å²) in [5, 5.41) is 4.15. The van der Waals surface area contributed by atoms with Crippen LogP contribution in [0.15, 0.2) is 48.5 Å². The van der Waals surface area contributed by atoms with Crippen molar-refractivity contribution in [2.75, 3.05) is 0 Å². The van der Waals surface area contributed by atoms with Crippen molar-refractivity contribution in [2.24, 2.45) is 0 Å². The largest absolute Gasteiger partial charge is 0.350 e. The normalized spacial score (nSPS) is 17.0. The van der Waals surface area contributed by atoms with E-state index in [1.165, 1.54) is 0 Å². The Bertz CT molecular complexity index is 777. The van der Waals surface area contributed by atoms with Crippen LogP contribution in [0.25, 0.3) is 0 Å². The lowest BCUT2D eigenvalue weighted by molar-refractivity contribution is -0.135. The second kappa shape index (κ2) is 7.89. The topological polar surface area (TPSA) is 49.4 Å². The first-order valence-electron chi connectivity index (χ1n) is 8.09. The van der Waals surface area contributed by atoms with Crippen LogP contribution in [0.1, 0.15) is 24.0 Å². The minimum atomic E-state index is -0.453. The zero-order chi connectivity index (χ0) is 17.8. The van der Waals surface area contributed by atoms with E-state index < -0.39 is 6.04 Å². The van der Waals surface area contributed by atoms with Gasteiger partial charge in [0.25, 0.3) is 0 Å². The zero-order valence-electron chi connectivity index (χ0n) is 13.5. The molecule has 6 heteroatoms. The number of nitrogens with zero attached hydrogens (tertiary/aromatic N) is 1. The predicted octanol–water partition coefficient (Wildman–Crippen LogP) is 3.80. The van der Waals surface area contributed by atoms with Gasteiger partial charge >= 0.3 is 0 Å². The lowest BCUT2D eigenvalue weighted by Crippen LogP contribution is -2.44. The van der Waals surface area contributed by atoms with Crippen molar-refractivity contribution >= 4 is 35.0 Å². The Labute approximate surface area is 156 Å². The molecule has 1 atom stereocenters. The molecule has 1 heterocycles. The third-order valence-corrected chi connectivity index (χ3v) is 4.93. The highest BCUT2D eigenvalue weighted by Crippen LogP contribution is 2.23. The number of hydrogen-bond acceptors (Lipinski definition) is 2. The number of carbonyl (C=O) groups is 2. The van der Waals surface area contributed by atoms with Gasteiger partial charge in [-0.15, -0.1) is 0 Å². The molecule has 3 rings (SSSR count). The smallest absolute Gasteiger partial charge is 0.243 e. The van der Waals surface area contributed by atoms with Crippen LogP contribution < -0.4 is 5.32 Å². The predicted molar refractivity (Wildman–Crippen MR) is 98.3 cm³/mol. The Balaban J connectivity index is 1.65. The second-order valence-corrected chi connectivity index (χ2v) is 6.86. The molecule has 0 radical (unpaired) electrons. The van der Waals surface area contributed by atoms with Crippen LogP contribution in [0, 0.1) is 0 Å². The summed E-state index contributed by atoms with van der Waals surface area (Å²) in [6.07, 6.45) is 0.915. The zero-order valence-corrected chi connectivity index (χ0v) is 15.1. The maximum Gasteiger partial charge on any atom is 0.243 e. The monoisotopic (exact) mass is 376 g/mol. The van der Waals surface area contributed by atoms with Crippen molar-refractivity contribution in [2.45, 2.75) is 32.0 Å². The molecule has 1 fully saturated rings. The Kier molecular flexibility index (Phi) is 5.61. The molecule has 4 nitrogen and oxygen atoms in total. The van der Waals surface area contributed by atoms with Crippen LogP contribution in [0.4, 0.5) is 0 Å². The average Bonchev–Trinajstić information content (AvgIpc) is 2.97. The van der Waals surface area contributed by atoms with E-state index in [1.54, 1.807) is 23.1 Å². The molecule has 1 aliphatic rings. The Morgan fingerprint density at radius 2 is 1.84 bits per heavy atom. The van der Waals surface area contributed by atoms with Crippen molar-refractivity contribution in [3.8, 4) is 0 Å². The Hall–Kier alpha value is -2.04. The van der Waals surface area contributed by atoms with Gasteiger partial charge in [-0.1, -0.05) is 53.5 Å². The molecule has 0 aromatic heterocycles. The van der Waals surface area contributed by atoms with E-state index in [0.29, 0.717) is 36.0 Å². The molecular weight excluding hydrogens is 359 g/mol. The van der Waals surface area contributed by atoms with Crippen molar-refractivity contribution in [3.63, 3.8) is 0 Å². The molecule has 0 spiro atoms. The fraction of sp³-hybridized carbons (Fsp3) is 0.263. The molecule has 2 aromatic carbocycles. The highest BCUT2D eigenvalue weighted by Gasteiger charge is 2.35. The van der Waals surface area contributed by atoms with Crippen LogP contribution in [0.2, 0.25) is 10.0 Å². The van der Waals surface area contributed by atoms with Gasteiger partial charge in [0.1, 0.15) is 6.04 Å². The van der Waals surface area contributed by atoms with E-state index in [-0.39, 0.29) is 11.8 Å². The number of benzene rings is 2. The molecule has 0 bridgehead atoms. The van der Waals surface area contributed by atoms with Crippen LogP contribution in [0.3, 0.4) is 0 Å². The van der Waals surface area contributed by atoms with E-state index in [9.17, 15) is 9.59 Å². The quantitative estimate of drug-likeness (QED) is 0.862. The minimum absolute atomic E-state index is 0.00663. The lowest BCUT2D eigenvalue weighted by Gasteiger charge is -2.24. The summed E-state index contributed by atoms with van der Waals surface area (Å²) < 4.78 is 0. The van der Waals surface area contributed by atoms with Gasteiger partial charge in [0.05, 0.1) is 0 Å². The minimum Gasteiger partial charge on any atom is -0.350 e. The van der Waals surface area contributed by atoms with Crippen molar-refractivity contribution in [3.05, 3.63) is 69.7 Å². The van der Waals surface area contributed by atoms with Crippen LogP contribution in [-0.4, -0.2) is 22.8 Å². The van der Waals surface area contributed by atoms with Gasteiger partial charge < -0.3 is 10.2 Å². The van der Waals surface area contributed by atoms with Gasteiger partial charge in [-0.3, -0.25) is 9.59 Å². The highest BCUT2D eigenvalue weighted by molar-refractivity contribution is 6.31. The molecule has 1 saturated heterocycles. The third-order valence-electron chi connectivity index (χ3n) is 4.31. The first-order valence-corrected chi connectivity index (χ1v) is 8.85. The number of likely N-dealkylation sites (tertiary alicyclic amines) is 1. The molecule has 130 valence electrons. The van der Waals surface area contributed by atoms with Gasteiger partial charge in [-0.25, -0.2) is 0 Å². The maximum absolute atomic E-state index is 12.6. The van der Waals surface area contributed by atoms with Gasteiger partial charge in [-0.05, 0) is 35.7 Å². The van der Waals surface area contributed by atoms with Crippen LogP contribution in [0.5, 0.6) is 0 Å². The fourth-order valence-electron chi connectivity index (χ4n) is 2.93. The summed E-state index contributed by atoms with van der Waals surface area (Å²) in [6, 6.07) is 14.2. The summed E-state index contributed by atoms with van der Waals surface area (Å²) in [4.78, 5) is 26.4. The molecule has 1 aliphatic heterocycles. The first-order chi connectivity index (χ1) is 12.0.